The zero-order chi connectivity index (χ0) is 23.9. The Morgan fingerprint density at radius 3 is 2.77 bits per heavy atom. The lowest BCUT2D eigenvalue weighted by atomic mass is 10.1. The lowest BCUT2D eigenvalue weighted by Crippen LogP contribution is -2.17. The Morgan fingerprint density at radius 2 is 1.94 bits per heavy atom. The summed E-state index contributed by atoms with van der Waals surface area (Å²) in [7, 11) is 0. The maximum Gasteiger partial charge on any atom is 0.226 e. The molecular weight excluding hydrogens is 456 g/mol. The van der Waals surface area contributed by atoms with E-state index in [1.54, 1.807) is 23.7 Å². The third-order valence-electron chi connectivity index (χ3n) is 5.94. The van der Waals surface area contributed by atoms with Crippen LogP contribution in [0, 0.1) is 5.92 Å². The Morgan fingerprint density at radius 1 is 1.03 bits per heavy atom. The van der Waals surface area contributed by atoms with Gasteiger partial charge in [0.25, 0.3) is 0 Å². The maximum atomic E-state index is 12.1. The second-order valence-electron chi connectivity index (χ2n) is 8.70. The maximum absolute atomic E-state index is 12.1. The Hall–Kier alpha value is -4.30. The molecule has 172 valence electrons. The van der Waals surface area contributed by atoms with Crippen molar-refractivity contribution in [2.45, 2.75) is 13.8 Å². The molecule has 5 aromatic heterocycles. The first-order valence-corrected chi connectivity index (χ1v) is 12.2. The van der Waals surface area contributed by atoms with Gasteiger partial charge in [-0.25, -0.2) is 4.98 Å². The van der Waals surface area contributed by atoms with Crippen molar-refractivity contribution in [3.05, 3.63) is 72.4 Å². The molecule has 0 unspecified atom stereocenters. The number of nitrogens with zero attached hydrogens (tertiary/aromatic N) is 3. The van der Waals surface area contributed by atoms with Crippen LogP contribution in [0.5, 0.6) is 0 Å². The fourth-order valence-electron chi connectivity index (χ4n) is 4.11. The fourth-order valence-corrected chi connectivity index (χ4v) is 4.88. The van der Waals surface area contributed by atoms with E-state index in [9.17, 15) is 4.79 Å². The van der Waals surface area contributed by atoms with E-state index in [4.69, 9.17) is 4.98 Å². The number of thiophene rings is 1. The second-order valence-corrected chi connectivity index (χ2v) is 9.65. The van der Waals surface area contributed by atoms with E-state index in [-0.39, 0.29) is 11.8 Å². The summed E-state index contributed by atoms with van der Waals surface area (Å²) in [6.07, 6.45) is 3.39. The van der Waals surface area contributed by atoms with Gasteiger partial charge in [0.15, 0.2) is 0 Å². The van der Waals surface area contributed by atoms with Gasteiger partial charge < -0.3 is 10.3 Å². The first-order valence-electron chi connectivity index (χ1n) is 11.3. The van der Waals surface area contributed by atoms with Crippen LogP contribution in [0.2, 0.25) is 0 Å². The van der Waals surface area contributed by atoms with Crippen molar-refractivity contribution < 1.29 is 4.79 Å². The van der Waals surface area contributed by atoms with E-state index >= 15 is 0 Å². The van der Waals surface area contributed by atoms with Crippen LogP contribution in [0.25, 0.3) is 55.0 Å². The van der Waals surface area contributed by atoms with E-state index in [1.807, 2.05) is 32.0 Å². The Bertz CT molecular complexity index is 1680. The average Bonchev–Trinajstić information content (AvgIpc) is 3.62. The molecule has 0 radical (unpaired) electrons. The van der Waals surface area contributed by atoms with E-state index in [0.717, 1.165) is 44.6 Å². The van der Waals surface area contributed by atoms with Crippen LogP contribution in [0.1, 0.15) is 13.8 Å². The number of aromatic nitrogens is 5. The number of fused-ring (bicyclic) bond motifs is 2. The number of carbonyl (C=O) groups excluding carboxylic acids is 1. The number of amides is 1. The molecule has 0 aliphatic carbocycles. The predicted molar refractivity (Wildman–Crippen MR) is 141 cm³/mol. The SMILES string of the molecule is CC(C)C(=O)Nc1cncc(-c2ccc3[nH]nc(-c4cc5c(-c6cccs6)cccc5[nH]4)c3n2)c1. The van der Waals surface area contributed by atoms with Crippen LogP contribution in [-0.2, 0) is 4.79 Å². The quantitative estimate of drug-likeness (QED) is 0.264. The Labute approximate surface area is 205 Å². The zero-order valence-electron chi connectivity index (χ0n) is 19.2. The lowest BCUT2D eigenvalue weighted by Gasteiger charge is -2.08. The van der Waals surface area contributed by atoms with Crippen molar-refractivity contribution in [3.8, 4) is 33.1 Å². The summed E-state index contributed by atoms with van der Waals surface area (Å²) in [5.41, 5.74) is 7.73. The molecule has 1 amide bonds. The molecule has 6 rings (SSSR count). The highest BCUT2D eigenvalue weighted by Crippen LogP contribution is 2.35. The molecule has 0 aliphatic heterocycles. The van der Waals surface area contributed by atoms with E-state index < -0.39 is 0 Å². The molecule has 0 bridgehead atoms. The van der Waals surface area contributed by atoms with Crippen LogP contribution in [0.3, 0.4) is 0 Å². The van der Waals surface area contributed by atoms with Crippen molar-refractivity contribution in [2.24, 2.45) is 5.92 Å². The van der Waals surface area contributed by atoms with Gasteiger partial charge in [-0.1, -0.05) is 32.0 Å². The fraction of sp³-hybridized carbons (Fsp3) is 0.111. The van der Waals surface area contributed by atoms with Gasteiger partial charge in [0, 0.05) is 39.0 Å². The number of aromatic amines is 2. The lowest BCUT2D eigenvalue weighted by molar-refractivity contribution is -0.118. The molecule has 7 nitrogen and oxygen atoms in total. The van der Waals surface area contributed by atoms with E-state index in [0.29, 0.717) is 5.69 Å². The smallest absolute Gasteiger partial charge is 0.226 e. The van der Waals surface area contributed by atoms with Gasteiger partial charge in [0.05, 0.1) is 28.8 Å². The summed E-state index contributed by atoms with van der Waals surface area (Å²) < 4.78 is 0. The number of carbonyl (C=O) groups is 1. The van der Waals surface area contributed by atoms with Crippen LogP contribution in [-0.4, -0.2) is 31.1 Å². The monoisotopic (exact) mass is 478 g/mol. The minimum atomic E-state index is -0.113. The van der Waals surface area contributed by atoms with Crippen molar-refractivity contribution >= 4 is 44.9 Å². The van der Waals surface area contributed by atoms with Crippen LogP contribution in [0.4, 0.5) is 5.69 Å². The first kappa shape index (κ1) is 21.2. The summed E-state index contributed by atoms with van der Waals surface area (Å²) in [5, 5.41) is 13.8. The van der Waals surface area contributed by atoms with Crippen LogP contribution in [0.15, 0.2) is 72.4 Å². The molecule has 0 atom stereocenters. The number of rotatable bonds is 5. The highest BCUT2D eigenvalue weighted by atomic mass is 32.1. The van der Waals surface area contributed by atoms with E-state index in [1.165, 1.54) is 10.4 Å². The number of benzene rings is 1. The largest absolute Gasteiger partial charge is 0.353 e. The highest BCUT2D eigenvalue weighted by molar-refractivity contribution is 7.13. The third-order valence-corrected chi connectivity index (χ3v) is 6.84. The number of anilines is 1. The molecule has 0 spiro atoms. The van der Waals surface area contributed by atoms with Gasteiger partial charge in [0.2, 0.25) is 5.91 Å². The highest BCUT2D eigenvalue weighted by Gasteiger charge is 2.16. The predicted octanol–water partition coefficient (Wildman–Crippen LogP) is 6.49. The number of pyridine rings is 2. The number of nitrogens with one attached hydrogen (secondary N) is 3. The number of hydrogen-bond donors (Lipinski definition) is 3. The van der Waals surface area contributed by atoms with Crippen molar-refractivity contribution in [1.29, 1.82) is 0 Å². The molecule has 6 aromatic rings. The third kappa shape index (κ3) is 3.87. The zero-order valence-corrected chi connectivity index (χ0v) is 20.0. The molecule has 3 N–H and O–H groups in total. The van der Waals surface area contributed by atoms with Gasteiger partial charge in [0.1, 0.15) is 11.2 Å². The average molecular weight is 479 g/mol. The molecule has 8 heteroatoms. The first-order chi connectivity index (χ1) is 17.1. The van der Waals surface area contributed by atoms with Gasteiger partial charge in [-0.3, -0.25) is 14.9 Å². The van der Waals surface area contributed by atoms with Gasteiger partial charge in [-0.05, 0) is 41.8 Å². The number of hydrogen-bond acceptors (Lipinski definition) is 5. The van der Waals surface area contributed by atoms with Gasteiger partial charge >= 0.3 is 0 Å². The number of H-pyrrole nitrogens is 2. The summed E-state index contributed by atoms with van der Waals surface area (Å²) in [6.45, 7) is 3.71. The van der Waals surface area contributed by atoms with Crippen molar-refractivity contribution in [2.75, 3.05) is 5.32 Å². The molecule has 0 saturated heterocycles. The Kier molecular flexibility index (Phi) is 5.15. The van der Waals surface area contributed by atoms with Gasteiger partial charge in [-0.15, -0.1) is 11.3 Å². The normalized spacial score (nSPS) is 11.5. The topological polar surface area (TPSA) is 99.4 Å². The molecular formula is C27H22N6OS. The van der Waals surface area contributed by atoms with Crippen molar-refractivity contribution in [1.82, 2.24) is 25.1 Å². The minimum Gasteiger partial charge on any atom is -0.353 e. The molecule has 1 aromatic carbocycles. The van der Waals surface area contributed by atoms with Crippen molar-refractivity contribution in [3.63, 3.8) is 0 Å². The summed E-state index contributed by atoms with van der Waals surface area (Å²) in [4.78, 5) is 26.1. The van der Waals surface area contributed by atoms with Crippen LogP contribution < -0.4 is 5.32 Å². The molecule has 0 saturated carbocycles. The van der Waals surface area contributed by atoms with Crippen LogP contribution >= 0.6 is 11.3 Å². The summed E-state index contributed by atoms with van der Waals surface area (Å²) >= 11 is 1.73. The minimum absolute atomic E-state index is 0.0507. The Balaban J connectivity index is 1.41. The standard InChI is InChI=1S/C27H22N6OS/c1-15(2)27(34)29-17-11-16(13-28-14-17)20-8-9-22-25(31-20)26(33-32-22)23-12-19-18(24-7-4-10-35-24)5-3-6-21(19)30-23/h3-15,30H,1-2H3,(H,29,34)(H,32,33). The molecule has 5 heterocycles. The summed E-state index contributed by atoms with van der Waals surface area (Å²) in [6, 6.07) is 18.4. The van der Waals surface area contributed by atoms with Gasteiger partial charge in [-0.2, -0.15) is 5.10 Å². The molecule has 35 heavy (non-hydrogen) atoms. The van der Waals surface area contributed by atoms with E-state index in [2.05, 4.69) is 67.3 Å². The molecule has 0 fully saturated rings. The second kappa shape index (κ2) is 8.48. The summed E-state index contributed by atoms with van der Waals surface area (Å²) in [5.74, 6) is -0.163. The molecule has 0 aliphatic rings.